The van der Waals surface area contributed by atoms with Gasteiger partial charge in [-0.15, -0.1) is 0 Å². The number of aliphatic hydroxyl groups is 1. The molecule has 1 saturated heterocycles. The zero-order chi connectivity index (χ0) is 27.7. The van der Waals surface area contributed by atoms with Crippen LogP contribution in [0.4, 0.5) is 0 Å². The molecule has 7 nitrogen and oxygen atoms in total. The van der Waals surface area contributed by atoms with Crippen LogP contribution in [0.15, 0.2) is 72.8 Å². The number of likely N-dealkylation sites (tertiary alicyclic amines) is 1. The molecule has 2 aliphatic heterocycles. The zero-order valence-electron chi connectivity index (χ0n) is 23.2. The molecule has 1 aromatic heterocycles. The molecule has 1 fully saturated rings. The fourth-order valence-corrected chi connectivity index (χ4v) is 6.72. The first kappa shape index (κ1) is 26.4. The number of carbonyl (C=O) groups is 1. The summed E-state index contributed by atoms with van der Waals surface area (Å²) < 4.78 is 10.9. The lowest BCUT2D eigenvalue weighted by Crippen LogP contribution is -2.54. The molecule has 1 spiro atoms. The lowest BCUT2D eigenvalue weighted by atomic mass is 9.68. The maximum atomic E-state index is 13.2. The summed E-state index contributed by atoms with van der Waals surface area (Å²) in [6, 6.07) is 24.2. The van der Waals surface area contributed by atoms with Crippen LogP contribution in [-0.2, 0) is 23.2 Å². The lowest BCUT2D eigenvalue weighted by molar-refractivity contribution is -0.132. The van der Waals surface area contributed by atoms with Crippen LogP contribution in [0.1, 0.15) is 41.3 Å². The van der Waals surface area contributed by atoms with Gasteiger partial charge in [-0.25, -0.2) is 0 Å². The van der Waals surface area contributed by atoms with E-state index in [1.165, 1.54) is 16.5 Å². The predicted octanol–water partition coefficient (Wildman–Crippen LogP) is 4.84. The molecule has 208 valence electrons. The van der Waals surface area contributed by atoms with Crippen molar-refractivity contribution in [1.29, 1.82) is 0 Å². The number of nitrogens with zero attached hydrogens (tertiary/aromatic N) is 2. The number of benzene rings is 3. The number of aromatic nitrogens is 1. The van der Waals surface area contributed by atoms with Crippen molar-refractivity contribution >= 4 is 16.8 Å². The Kier molecular flexibility index (Phi) is 7.26. The summed E-state index contributed by atoms with van der Waals surface area (Å²) in [6.45, 7) is 2.98. The molecular weight excluding hydrogens is 502 g/mol. The zero-order valence-corrected chi connectivity index (χ0v) is 23.2. The van der Waals surface area contributed by atoms with Crippen molar-refractivity contribution in [3.8, 4) is 11.5 Å². The van der Waals surface area contributed by atoms with E-state index in [1.807, 2.05) is 59.5 Å². The third-order valence-electron chi connectivity index (χ3n) is 8.83. The van der Waals surface area contributed by atoms with Gasteiger partial charge in [-0.3, -0.25) is 9.69 Å². The highest BCUT2D eigenvalue weighted by atomic mass is 16.5. The standard InChI is InChI=1S/C33H37N3O4/c1-39-25-10-8-24(9-11-25)20-36-22-33(14-16-35(17-15-33)30(38)18-23-6-4-3-5-7-23)31-27-13-12-26(40-2)19-28(27)34-32(31)29(36)21-37/h3-13,19,29,34,37H,14-18,20-22H2,1-2H3/t29-/m1/s1. The van der Waals surface area contributed by atoms with Crippen molar-refractivity contribution in [3.63, 3.8) is 0 Å². The van der Waals surface area contributed by atoms with E-state index in [2.05, 4.69) is 28.1 Å². The maximum Gasteiger partial charge on any atom is 0.226 e. The van der Waals surface area contributed by atoms with Gasteiger partial charge in [-0.1, -0.05) is 42.5 Å². The van der Waals surface area contributed by atoms with E-state index in [-0.39, 0.29) is 24.0 Å². The molecule has 0 unspecified atom stereocenters. The number of piperidine rings is 1. The van der Waals surface area contributed by atoms with Gasteiger partial charge in [0.05, 0.1) is 33.3 Å². The number of nitrogens with one attached hydrogen (secondary N) is 1. The largest absolute Gasteiger partial charge is 0.497 e. The number of H-pyrrole nitrogens is 1. The first-order valence-electron chi connectivity index (χ1n) is 14.0. The van der Waals surface area contributed by atoms with Crippen molar-refractivity contribution in [2.24, 2.45) is 0 Å². The van der Waals surface area contributed by atoms with Crippen molar-refractivity contribution in [2.75, 3.05) is 40.5 Å². The fraction of sp³-hybridized carbons (Fsp3) is 0.364. The molecule has 1 atom stereocenters. The van der Waals surface area contributed by atoms with Crippen LogP contribution in [0.3, 0.4) is 0 Å². The van der Waals surface area contributed by atoms with E-state index in [0.717, 1.165) is 47.7 Å². The first-order valence-corrected chi connectivity index (χ1v) is 14.0. The molecule has 2 N–H and O–H groups in total. The summed E-state index contributed by atoms with van der Waals surface area (Å²) in [4.78, 5) is 21.3. The minimum atomic E-state index is -0.154. The molecule has 6 rings (SSSR count). The van der Waals surface area contributed by atoms with Crippen LogP contribution in [0.5, 0.6) is 11.5 Å². The normalized spacial score (nSPS) is 18.6. The summed E-state index contributed by atoms with van der Waals surface area (Å²) in [5.41, 5.74) is 5.49. The smallest absolute Gasteiger partial charge is 0.226 e. The third-order valence-corrected chi connectivity index (χ3v) is 8.83. The van der Waals surface area contributed by atoms with Gasteiger partial charge < -0.3 is 24.5 Å². The van der Waals surface area contributed by atoms with Gasteiger partial charge in [0.1, 0.15) is 11.5 Å². The Morgan fingerprint density at radius 3 is 2.33 bits per heavy atom. The van der Waals surface area contributed by atoms with E-state index in [0.29, 0.717) is 26.1 Å². The maximum absolute atomic E-state index is 13.2. The van der Waals surface area contributed by atoms with Crippen LogP contribution in [0.2, 0.25) is 0 Å². The van der Waals surface area contributed by atoms with Gasteiger partial charge in [0.15, 0.2) is 0 Å². The average molecular weight is 540 g/mol. The second-order valence-corrected chi connectivity index (χ2v) is 11.1. The number of carbonyl (C=O) groups excluding carboxylic acids is 1. The molecule has 4 aromatic rings. The Balaban J connectivity index is 1.33. The lowest BCUT2D eigenvalue weighted by Gasteiger charge is -2.50. The topological polar surface area (TPSA) is 78.0 Å². The minimum Gasteiger partial charge on any atom is -0.497 e. The Labute approximate surface area is 235 Å². The molecule has 0 aliphatic carbocycles. The van der Waals surface area contributed by atoms with Crippen LogP contribution in [0, 0.1) is 0 Å². The van der Waals surface area contributed by atoms with Crippen LogP contribution in [-0.4, -0.2) is 66.3 Å². The summed E-state index contributed by atoms with van der Waals surface area (Å²) in [6.07, 6.45) is 2.18. The van der Waals surface area contributed by atoms with Crippen LogP contribution >= 0.6 is 0 Å². The molecule has 0 bridgehead atoms. The Hall–Kier alpha value is -3.81. The quantitative estimate of drug-likeness (QED) is 0.352. The Morgan fingerprint density at radius 1 is 0.950 bits per heavy atom. The number of hydrogen-bond donors (Lipinski definition) is 2. The molecule has 2 aliphatic rings. The van der Waals surface area contributed by atoms with Gasteiger partial charge in [-0.05, 0) is 53.8 Å². The second kappa shape index (κ2) is 11.0. The van der Waals surface area contributed by atoms with Crippen molar-refractivity contribution in [1.82, 2.24) is 14.8 Å². The number of aliphatic hydroxyl groups excluding tert-OH is 1. The minimum absolute atomic E-state index is 0.0187. The molecule has 3 heterocycles. The second-order valence-electron chi connectivity index (χ2n) is 11.1. The predicted molar refractivity (Wildman–Crippen MR) is 156 cm³/mol. The average Bonchev–Trinajstić information content (AvgIpc) is 3.38. The molecule has 3 aromatic carbocycles. The van der Waals surface area contributed by atoms with Crippen LogP contribution < -0.4 is 9.47 Å². The molecule has 0 saturated carbocycles. The van der Waals surface area contributed by atoms with Gasteiger partial charge >= 0.3 is 0 Å². The highest BCUT2D eigenvalue weighted by molar-refractivity contribution is 5.88. The van der Waals surface area contributed by atoms with E-state index in [9.17, 15) is 9.90 Å². The monoisotopic (exact) mass is 539 g/mol. The number of aromatic amines is 1. The van der Waals surface area contributed by atoms with Crippen LogP contribution in [0.25, 0.3) is 10.9 Å². The fourth-order valence-electron chi connectivity index (χ4n) is 6.72. The highest BCUT2D eigenvalue weighted by Gasteiger charge is 2.47. The number of amides is 1. The molecule has 7 heteroatoms. The number of fused-ring (bicyclic) bond motifs is 4. The van der Waals surface area contributed by atoms with Gasteiger partial charge in [0, 0.05) is 54.3 Å². The summed E-state index contributed by atoms with van der Waals surface area (Å²) in [5, 5.41) is 11.9. The molecule has 40 heavy (non-hydrogen) atoms. The third kappa shape index (κ3) is 4.84. The molecule has 1 amide bonds. The number of rotatable bonds is 7. The Morgan fingerprint density at radius 2 is 1.65 bits per heavy atom. The number of hydrogen-bond acceptors (Lipinski definition) is 5. The summed E-state index contributed by atoms with van der Waals surface area (Å²) in [5.74, 6) is 1.82. The van der Waals surface area contributed by atoms with Gasteiger partial charge in [-0.2, -0.15) is 0 Å². The van der Waals surface area contributed by atoms with E-state index in [1.54, 1.807) is 14.2 Å². The van der Waals surface area contributed by atoms with Gasteiger partial charge in [0.2, 0.25) is 5.91 Å². The molecule has 0 radical (unpaired) electrons. The Bertz CT molecular complexity index is 1470. The highest BCUT2D eigenvalue weighted by Crippen LogP contribution is 2.49. The van der Waals surface area contributed by atoms with Crippen molar-refractivity contribution < 1.29 is 19.4 Å². The van der Waals surface area contributed by atoms with E-state index >= 15 is 0 Å². The van der Waals surface area contributed by atoms with Gasteiger partial charge in [0.25, 0.3) is 0 Å². The van der Waals surface area contributed by atoms with Crippen molar-refractivity contribution in [3.05, 3.63) is 95.2 Å². The SMILES string of the molecule is COc1ccc(CN2CC3(CCN(C(=O)Cc4ccccc4)CC3)c3c([nH]c4cc(OC)ccc34)[C@H]2CO)cc1. The van der Waals surface area contributed by atoms with Crippen molar-refractivity contribution in [2.45, 2.75) is 37.3 Å². The first-order chi connectivity index (χ1) is 19.5. The summed E-state index contributed by atoms with van der Waals surface area (Å²) in [7, 11) is 3.36. The summed E-state index contributed by atoms with van der Waals surface area (Å²) >= 11 is 0. The van der Waals surface area contributed by atoms with E-state index in [4.69, 9.17) is 9.47 Å². The van der Waals surface area contributed by atoms with E-state index < -0.39 is 0 Å². The number of ether oxygens (including phenoxy) is 2. The molecular formula is C33H37N3O4. The number of methoxy groups -OCH3 is 2.